The van der Waals surface area contributed by atoms with E-state index in [0.29, 0.717) is 5.92 Å². The minimum atomic E-state index is -4.23. The van der Waals surface area contributed by atoms with Crippen LogP contribution < -0.4 is 5.32 Å². The summed E-state index contributed by atoms with van der Waals surface area (Å²) in [6.45, 7) is 3.29. The molecular formula is C14H17ClFNO3S. The van der Waals surface area contributed by atoms with Gasteiger partial charge in [-0.3, -0.25) is 4.79 Å². The molecule has 1 atom stereocenters. The average Bonchev–Trinajstić information content (AvgIpc) is 3.14. The Bertz CT molecular complexity index is 671. The largest absolute Gasteiger partial charge is 0.350 e. The quantitative estimate of drug-likeness (QED) is 0.842. The van der Waals surface area contributed by atoms with E-state index >= 15 is 0 Å². The average molecular weight is 334 g/mol. The van der Waals surface area contributed by atoms with Crippen molar-refractivity contribution < 1.29 is 17.6 Å². The maximum atomic E-state index is 13.8. The summed E-state index contributed by atoms with van der Waals surface area (Å²) in [6.07, 6.45) is 3.27. The highest BCUT2D eigenvalue weighted by Crippen LogP contribution is 2.33. The molecule has 2 rings (SSSR count). The minimum absolute atomic E-state index is 0.00795. The van der Waals surface area contributed by atoms with Gasteiger partial charge in [-0.25, -0.2) is 12.8 Å². The van der Waals surface area contributed by atoms with Crippen LogP contribution in [0.4, 0.5) is 4.39 Å². The van der Waals surface area contributed by atoms with Crippen LogP contribution in [0, 0.1) is 18.7 Å². The van der Waals surface area contributed by atoms with Crippen LogP contribution in [0.15, 0.2) is 17.0 Å². The van der Waals surface area contributed by atoms with Gasteiger partial charge in [-0.2, -0.15) is 0 Å². The highest BCUT2D eigenvalue weighted by molar-refractivity contribution is 8.13. The third-order valence-electron chi connectivity index (χ3n) is 3.51. The normalized spacial score (nSPS) is 16.6. The number of carbonyl (C=O) groups is 1. The number of hydrogen-bond acceptors (Lipinski definition) is 3. The van der Waals surface area contributed by atoms with Gasteiger partial charge in [0.15, 0.2) is 0 Å². The van der Waals surface area contributed by atoms with Crippen molar-refractivity contribution in [2.45, 2.75) is 44.0 Å². The molecule has 0 bridgehead atoms. The van der Waals surface area contributed by atoms with Gasteiger partial charge < -0.3 is 5.32 Å². The summed E-state index contributed by atoms with van der Waals surface area (Å²) < 4.78 is 36.5. The number of amides is 1. The first kappa shape index (κ1) is 16.2. The van der Waals surface area contributed by atoms with E-state index in [2.05, 4.69) is 5.32 Å². The fourth-order valence-electron chi connectivity index (χ4n) is 2.27. The van der Waals surface area contributed by atoms with Gasteiger partial charge in [0.2, 0.25) is 0 Å². The van der Waals surface area contributed by atoms with Crippen molar-refractivity contribution in [2.75, 3.05) is 0 Å². The first-order valence-electron chi connectivity index (χ1n) is 6.74. The van der Waals surface area contributed by atoms with E-state index in [-0.39, 0.29) is 17.2 Å². The van der Waals surface area contributed by atoms with Crippen molar-refractivity contribution in [2.24, 2.45) is 5.92 Å². The lowest BCUT2D eigenvalue weighted by atomic mass is 10.1. The summed E-state index contributed by atoms with van der Waals surface area (Å²) >= 11 is 0. The van der Waals surface area contributed by atoms with E-state index in [4.69, 9.17) is 10.7 Å². The maximum Gasteiger partial charge on any atom is 0.264 e. The van der Waals surface area contributed by atoms with Crippen LogP contribution in [-0.2, 0) is 9.05 Å². The number of hydrogen-bond donors (Lipinski definition) is 1. The van der Waals surface area contributed by atoms with Gasteiger partial charge in [-0.15, -0.1) is 0 Å². The summed E-state index contributed by atoms with van der Waals surface area (Å²) in [6, 6.07) is 2.29. The highest BCUT2D eigenvalue weighted by Gasteiger charge is 2.25. The molecule has 0 heterocycles. The Morgan fingerprint density at radius 3 is 2.62 bits per heavy atom. The molecule has 4 nitrogen and oxygen atoms in total. The Balaban J connectivity index is 2.22. The molecule has 1 aromatic carbocycles. The highest BCUT2D eigenvalue weighted by atomic mass is 35.7. The third-order valence-corrected chi connectivity index (χ3v) is 4.83. The Morgan fingerprint density at radius 2 is 2.10 bits per heavy atom. The standard InChI is InChI=1S/C14H17ClFNO3S/c1-8-5-11(7-12(13(8)16)21(15,19)20)14(18)17-9(2)6-10-3-4-10/h5,7,9-10H,3-4,6H2,1-2H3,(H,17,18). The van der Waals surface area contributed by atoms with Crippen molar-refractivity contribution in [3.8, 4) is 0 Å². The molecule has 0 aliphatic heterocycles. The monoisotopic (exact) mass is 333 g/mol. The van der Waals surface area contributed by atoms with Gasteiger partial charge in [0, 0.05) is 22.3 Å². The number of benzene rings is 1. The lowest BCUT2D eigenvalue weighted by molar-refractivity contribution is 0.0937. The molecule has 0 radical (unpaired) electrons. The van der Waals surface area contributed by atoms with Crippen LogP contribution in [0.5, 0.6) is 0 Å². The van der Waals surface area contributed by atoms with Gasteiger partial charge in [-0.1, -0.05) is 12.8 Å². The molecule has 1 amide bonds. The minimum Gasteiger partial charge on any atom is -0.350 e. The van der Waals surface area contributed by atoms with E-state index < -0.39 is 25.7 Å². The molecule has 1 saturated carbocycles. The van der Waals surface area contributed by atoms with Crippen molar-refractivity contribution in [1.82, 2.24) is 5.32 Å². The lowest BCUT2D eigenvalue weighted by Gasteiger charge is -2.14. The summed E-state index contributed by atoms with van der Waals surface area (Å²) in [4.78, 5) is 11.5. The molecule has 21 heavy (non-hydrogen) atoms. The Morgan fingerprint density at radius 1 is 1.48 bits per heavy atom. The second kappa shape index (κ2) is 5.93. The van der Waals surface area contributed by atoms with Crippen LogP contribution in [0.1, 0.15) is 42.1 Å². The lowest BCUT2D eigenvalue weighted by Crippen LogP contribution is -2.33. The zero-order chi connectivity index (χ0) is 15.8. The predicted molar refractivity (Wildman–Crippen MR) is 78.4 cm³/mol. The van der Waals surface area contributed by atoms with Crippen LogP contribution in [0.25, 0.3) is 0 Å². The maximum absolute atomic E-state index is 13.8. The molecular weight excluding hydrogens is 317 g/mol. The molecule has 0 saturated heterocycles. The van der Waals surface area contributed by atoms with Crippen molar-refractivity contribution in [1.29, 1.82) is 0 Å². The smallest absolute Gasteiger partial charge is 0.264 e. The zero-order valence-corrected chi connectivity index (χ0v) is 13.4. The molecule has 116 valence electrons. The molecule has 1 N–H and O–H groups in total. The predicted octanol–water partition coefficient (Wildman–Crippen LogP) is 2.98. The molecule has 0 spiro atoms. The number of nitrogens with one attached hydrogen (secondary N) is 1. The fourth-order valence-corrected chi connectivity index (χ4v) is 3.24. The molecule has 7 heteroatoms. The van der Waals surface area contributed by atoms with Crippen LogP contribution in [-0.4, -0.2) is 20.4 Å². The fraction of sp³-hybridized carbons (Fsp3) is 0.500. The van der Waals surface area contributed by atoms with E-state index in [9.17, 15) is 17.6 Å². The van der Waals surface area contributed by atoms with Crippen molar-refractivity contribution >= 4 is 25.6 Å². The topological polar surface area (TPSA) is 63.2 Å². The third kappa shape index (κ3) is 4.17. The Kier molecular flexibility index (Phi) is 4.58. The number of aryl methyl sites for hydroxylation is 1. The van der Waals surface area contributed by atoms with Gasteiger partial charge in [0.05, 0.1) is 0 Å². The summed E-state index contributed by atoms with van der Waals surface area (Å²) in [7, 11) is 0.964. The summed E-state index contributed by atoms with van der Waals surface area (Å²) in [5.74, 6) is -0.686. The number of halogens is 2. The second-order valence-electron chi connectivity index (χ2n) is 5.60. The van der Waals surface area contributed by atoms with Gasteiger partial charge in [-0.05, 0) is 43.9 Å². The zero-order valence-electron chi connectivity index (χ0n) is 11.8. The van der Waals surface area contributed by atoms with Crippen molar-refractivity contribution in [3.05, 3.63) is 29.1 Å². The SMILES string of the molecule is Cc1cc(C(=O)NC(C)CC2CC2)cc(S(=O)(=O)Cl)c1F. The molecule has 1 fully saturated rings. The van der Waals surface area contributed by atoms with Gasteiger partial charge in [0.25, 0.3) is 15.0 Å². The van der Waals surface area contributed by atoms with Crippen LogP contribution in [0.3, 0.4) is 0 Å². The first-order valence-corrected chi connectivity index (χ1v) is 9.05. The number of rotatable bonds is 5. The van der Waals surface area contributed by atoms with Crippen molar-refractivity contribution in [3.63, 3.8) is 0 Å². The van der Waals surface area contributed by atoms with E-state index in [1.165, 1.54) is 25.8 Å². The molecule has 1 aliphatic rings. The van der Waals surface area contributed by atoms with Crippen LogP contribution >= 0.6 is 10.7 Å². The summed E-state index contributed by atoms with van der Waals surface area (Å²) in [5, 5.41) is 2.79. The first-order chi connectivity index (χ1) is 9.68. The van der Waals surface area contributed by atoms with E-state index in [0.717, 1.165) is 12.5 Å². The van der Waals surface area contributed by atoms with E-state index in [1.54, 1.807) is 0 Å². The number of carbonyl (C=O) groups excluding carboxylic acids is 1. The van der Waals surface area contributed by atoms with Gasteiger partial charge in [0.1, 0.15) is 10.7 Å². The van der Waals surface area contributed by atoms with Crippen LogP contribution in [0.2, 0.25) is 0 Å². The molecule has 1 aromatic rings. The molecule has 0 aromatic heterocycles. The molecule has 1 unspecified atom stereocenters. The van der Waals surface area contributed by atoms with Gasteiger partial charge >= 0.3 is 0 Å². The second-order valence-corrected chi connectivity index (χ2v) is 8.13. The Hall–Kier alpha value is -1.14. The summed E-state index contributed by atoms with van der Waals surface area (Å²) in [5.41, 5.74) is 0.160. The van der Waals surface area contributed by atoms with E-state index in [1.807, 2.05) is 6.92 Å². The Labute approximate surface area is 128 Å². The molecule has 1 aliphatic carbocycles.